The van der Waals surface area contributed by atoms with Gasteiger partial charge < -0.3 is 20.3 Å². The van der Waals surface area contributed by atoms with Crippen LogP contribution < -0.4 is 15.4 Å². The summed E-state index contributed by atoms with van der Waals surface area (Å²) in [7, 11) is 3.88. The molecule has 0 saturated carbocycles. The molecular weight excluding hydrogens is 262 g/mol. The lowest BCUT2D eigenvalue weighted by molar-refractivity contribution is 0.287. The minimum absolute atomic E-state index is 0.0680. The van der Waals surface area contributed by atoms with Gasteiger partial charge in [0.25, 0.3) is 0 Å². The molecule has 4 heteroatoms. The zero-order valence-corrected chi connectivity index (χ0v) is 13.6. The lowest BCUT2D eigenvalue weighted by Crippen LogP contribution is -2.53. The summed E-state index contributed by atoms with van der Waals surface area (Å²) in [5.74, 6) is 0.895. The molecule has 1 aromatic rings. The largest absolute Gasteiger partial charge is 0.497 e. The third kappa shape index (κ3) is 3.50. The SMILES string of the molecule is CCN1CCCC(CN)(N(C)c2ccc(OC)cc2)CC1. The number of ether oxygens (including phenoxy) is 1. The topological polar surface area (TPSA) is 41.7 Å². The van der Waals surface area contributed by atoms with E-state index in [9.17, 15) is 0 Å². The van der Waals surface area contributed by atoms with Crippen LogP contribution in [0.3, 0.4) is 0 Å². The highest BCUT2D eigenvalue weighted by Crippen LogP contribution is 2.32. The lowest BCUT2D eigenvalue weighted by atomic mass is 9.88. The third-order valence-corrected chi connectivity index (χ3v) is 5.01. The van der Waals surface area contributed by atoms with E-state index in [-0.39, 0.29) is 5.54 Å². The summed E-state index contributed by atoms with van der Waals surface area (Å²) < 4.78 is 5.24. The second-order valence-electron chi connectivity index (χ2n) is 5.97. The Balaban J connectivity index is 2.17. The molecule has 0 amide bonds. The summed E-state index contributed by atoms with van der Waals surface area (Å²) in [5.41, 5.74) is 7.49. The maximum Gasteiger partial charge on any atom is 0.119 e. The van der Waals surface area contributed by atoms with E-state index in [4.69, 9.17) is 10.5 Å². The molecule has 1 aromatic carbocycles. The smallest absolute Gasteiger partial charge is 0.119 e. The van der Waals surface area contributed by atoms with Gasteiger partial charge in [-0.2, -0.15) is 0 Å². The van der Waals surface area contributed by atoms with E-state index in [2.05, 4.69) is 35.9 Å². The van der Waals surface area contributed by atoms with E-state index in [1.54, 1.807) is 7.11 Å². The first-order chi connectivity index (χ1) is 10.1. The second kappa shape index (κ2) is 7.14. The molecule has 118 valence electrons. The fourth-order valence-corrected chi connectivity index (χ4v) is 3.31. The van der Waals surface area contributed by atoms with Crippen LogP contribution in [0.5, 0.6) is 5.75 Å². The molecule has 0 spiro atoms. The molecule has 1 atom stereocenters. The highest BCUT2D eigenvalue weighted by atomic mass is 16.5. The molecule has 0 bridgehead atoms. The van der Waals surface area contributed by atoms with Gasteiger partial charge in [-0.1, -0.05) is 6.92 Å². The van der Waals surface area contributed by atoms with Crippen LogP contribution >= 0.6 is 0 Å². The van der Waals surface area contributed by atoms with Crippen molar-refractivity contribution in [3.8, 4) is 5.75 Å². The van der Waals surface area contributed by atoms with Crippen molar-refractivity contribution in [2.24, 2.45) is 5.73 Å². The third-order valence-electron chi connectivity index (χ3n) is 5.01. The van der Waals surface area contributed by atoms with Crippen LogP contribution in [-0.4, -0.2) is 50.8 Å². The van der Waals surface area contributed by atoms with E-state index < -0.39 is 0 Å². The van der Waals surface area contributed by atoms with Gasteiger partial charge in [0, 0.05) is 25.8 Å². The fraction of sp³-hybridized carbons (Fsp3) is 0.647. The van der Waals surface area contributed by atoms with Crippen molar-refractivity contribution in [2.45, 2.75) is 31.7 Å². The highest BCUT2D eigenvalue weighted by Gasteiger charge is 2.35. The molecule has 1 aliphatic heterocycles. The Hall–Kier alpha value is -1.26. The van der Waals surface area contributed by atoms with Crippen LogP contribution in [-0.2, 0) is 0 Å². The van der Waals surface area contributed by atoms with Crippen LogP contribution in [0.4, 0.5) is 5.69 Å². The van der Waals surface area contributed by atoms with Crippen molar-refractivity contribution in [1.29, 1.82) is 0 Å². The van der Waals surface area contributed by atoms with E-state index in [1.807, 2.05) is 12.1 Å². The zero-order chi connectivity index (χ0) is 15.3. The van der Waals surface area contributed by atoms with Crippen molar-refractivity contribution >= 4 is 5.69 Å². The Morgan fingerprint density at radius 2 is 1.95 bits per heavy atom. The van der Waals surface area contributed by atoms with Crippen LogP contribution in [0.15, 0.2) is 24.3 Å². The van der Waals surface area contributed by atoms with Gasteiger partial charge in [-0.05, 0) is 56.6 Å². The molecule has 0 radical (unpaired) electrons. The Morgan fingerprint density at radius 1 is 1.24 bits per heavy atom. The molecular formula is C17H29N3O. The minimum Gasteiger partial charge on any atom is -0.497 e. The Bertz CT molecular complexity index is 434. The van der Waals surface area contributed by atoms with Gasteiger partial charge in [0.2, 0.25) is 0 Å². The number of nitrogens with two attached hydrogens (primary N) is 1. The van der Waals surface area contributed by atoms with Crippen molar-refractivity contribution in [3.63, 3.8) is 0 Å². The number of methoxy groups -OCH3 is 1. The van der Waals surface area contributed by atoms with Crippen molar-refractivity contribution in [2.75, 3.05) is 45.2 Å². The summed E-state index contributed by atoms with van der Waals surface area (Å²) in [5, 5.41) is 0. The fourth-order valence-electron chi connectivity index (χ4n) is 3.31. The zero-order valence-electron chi connectivity index (χ0n) is 13.6. The maximum absolute atomic E-state index is 6.20. The number of rotatable bonds is 5. The number of anilines is 1. The van der Waals surface area contributed by atoms with Gasteiger partial charge in [-0.3, -0.25) is 0 Å². The summed E-state index contributed by atoms with van der Waals surface area (Å²) in [6, 6.07) is 8.29. The highest BCUT2D eigenvalue weighted by molar-refractivity contribution is 5.51. The summed E-state index contributed by atoms with van der Waals surface area (Å²) in [4.78, 5) is 4.91. The molecule has 1 saturated heterocycles. The molecule has 4 nitrogen and oxygen atoms in total. The number of hydrogen-bond donors (Lipinski definition) is 1. The van der Waals surface area contributed by atoms with E-state index in [1.165, 1.54) is 18.7 Å². The van der Waals surface area contributed by atoms with Gasteiger partial charge in [0.05, 0.1) is 12.6 Å². The maximum atomic E-state index is 6.20. The first-order valence-corrected chi connectivity index (χ1v) is 7.95. The van der Waals surface area contributed by atoms with Crippen molar-refractivity contribution < 1.29 is 4.74 Å². The lowest BCUT2D eigenvalue weighted by Gasteiger charge is -2.42. The average Bonchev–Trinajstić information content (AvgIpc) is 2.77. The summed E-state index contributed by atoms with van der Waals surface area (Å²) in [6.07, 6.45) is 3.49. The monoisotopic (exact) mass is 291 g/mol. The standard InChI is InChI=1S/C17H29N3O/c1-4-20-12-5-10-17(14-18,11-13-20)19(2)15-6-8-16(21-3)9-7-15/h6-9H,4-5,10-14,18H2,1-3H3. The first-order valence-electron chi connectivity index (χ1n) is 7.95. The van der Waals surface area contributed by atoms with E-state index >= 15 is 0 Å². The molecule has 2 N–H and O–H groups in total. The number of likely N-dealkylation sites (tertiary alicyclic amines) is 1. The van der Waals surface area contributed by atoms with Crippen molar-refractivity contribution in [1.82, 2.24) is 4.90 Å². The number of likely N-dealkylation sites (N-methyl/N-ethyl adjacent to an activating group) is 1. The predicted molar refractivity (Wildman–Crippen MR) is 89.1 cm³/mol. The Kier molecular flexibility index (Phi) is 5.48. The second-order valence-corrected chi connectivity index (χ2v) is 5.97. The number of nitrogens with zero attached hydrogens (tertiary/aromatic N) is 2. The molecule has 21 heavy (non-hydrogen) atoms. The molecule has 2 rings (SSSR count). The molecule has 1 fully saturated rings. The number of hydrogen-bond acceptors (Lipinski definition) is 4. The average molecular weight is 291 g/mol. The van der Waals surface area contributed by atoms with Crippen molar-refractivity contribution in [3.05, 3.63) is 24.3 Å². The molecule has 0 aromatic heterocycles. The van der Waals surface area contributed by atoms with Gasteiger partial charge in [0.1, 0.15) is 5.75 Å². The normalized spacial score (nSPS) is 23.6. The summed E-state index contributed by atoms with van der Waals surface area (Å²) in [6.45, 7) is 6.39. The quantitative estimate of drug-likeness (QED) is 0.904. The molecule has 1 heterocycles. The van der Waals surface area contributed by atoms with Crippen LogP contribution in [0.1, 0.15) is 26.2 Å². The Morgan fingerprint density at radius 3 is 2.52 bits per heavy atom. The van der Waals surface area contributed by atoms with Gasteiger partial charge in [-0.25, -0.2) is 0 Å². The molecule has 1 aliphatic rings. The van der Waals surface area contributed by atoms with Crippen LogP contribution in [0.2, 0.25) is 0 Å². The summed E-state index contributed by atoms with van der Waals surface area (Å²) >= 11 is 0. The first kappa shape index (κ1) is 16.1. The van der Waals surface area contributed by atoms with E-state index in [0.717, 1.165) is 31.7 Å². The molecule has 1 unspecified atom stereocenters. The van der Waals surface area contributed by atoms with Gasteiger partial charge >= 0.3 is 0 Å². The molecule has 0 aliphatic carbocycles. The van der Waals surface area contributed by atoms with Crippen LogP contribution in [0, 0.1) is 0 Å². The van der Waals surface area contributed by atoms with E-state index in [0.29, 0.717) is 6.54 Å². The van der Waals surface area contributed by atoms with Gasteiger partial charge in [0.15, 0.2) is 0 Å². The van der Waals surface area contributed by atoms with Crippen LogP contribution in [0.25, 0.3) is 0 Å². The Labute approximate surface area is 128 Å². The number of benzene rings is 1. The minimum atomic E-state index is 0.0680. The van der Waals surface area contributed by atoms with Gasteiger partial charge in [-0.15, -0.1) is 0 Å². The predicted octanol–water partition coefficient (Wildman–Crippen LogP) is 2.33.